The summed E-state index contributed by atoms with van der Waals surface area (Å²) >= 11 is 0. The highest BCUT2D eigenvalue weighted by atomic mass is 16.5. The number of methoxy groups -OCH3 is 1. The van der Waals surface area contributed by atoms with Crippen molar-refractivity contribution < 1.29 is 14.6 Å². The Kier molecular flexibility index (Phi) is 4.30. The van der Waals surface area contributed by atoms with Crippen molar-refractivity contribution in [2.24, 2.45) is 0 Å². The lowest BCUT2D eigenvalue weighted by Crippen LogP contribution is -2.43. The van der Waals surface area contributed by atoms with Gasteiger partial charge in [-0.3, -0.25) is 4.79 Å². The number of rotatable bonds is 3. The third kappa shape index (κ3) is 2.83. The van der Waals surface area contributed by atoms with Gasteiger partial charge in [-0.25, -0.2) is 0 Å². The Morgan fingerprint density at radius 3 is 2.89 bits per heavy atom. The fourth-order valence-corrected chi connectivity index (χ4v) is 2.67. The molecule has 1 atom stereocenters. The first kappa shape index (κ1) is 13.7. The van der Waals surface area contributed by atoms with Gasteiger partial charge < -0.3 is 14.7 Å². The lowest BCUT2D eigenvalue weighted by Gasteiger charge is -2.35. The Bertz CT molecular complexity index is 459. The third-order valence-corrected chi connectivity index (χ3v) is 3.79. The van der Waals surface area contributed by atoms with E-state index in [0.29, 0.717) is 17.4 Å². The number of hydrogen-bond acceptors (Lipinski definition) is 3. The second-order valence-corrected chi connectivity index (χ2v) is 4.94. The molecule has 0 spiro atoms. The normalized spacial score (nSPS) is 19.3. The third-order valence-electron chi connectivity index (χ3n) is 3.79. The molecule has 2 rings (SSSR count). The molecule has 1 saturated heterocycles. The van der Waals surface area contributed by atoms with Crippen molar-refractivity contribution in [3.8, 4) is 11.5 Å². The van der Waals surface area contributed by atoms with Gasteiger partial charge in [0.05, 0.1) is 12.7 Å². The zero-order valence-electron chi connectivity index (χ0n) is 11.6. The predicted molar refractivity (Wildman–Crippen MR) is 73.6 cm³/mol. The first-order valence-corrected chi connectivity index (χ1v) is 6.85. The van der Waals surface area contributed by atoms with Crippen LogP contribution in [0.15, 0.2) is 18.2 Å². The number of hydrogen-bond donors (Lipinski definition) is 1. The van der Waals surface area contributed by atoms with Crippen LogP contribution in [0, 0.1) is 0 Å². The van der Waals surface area contributed by atoms with E-state index in [2.05, 4.69) is 6.92 Å². The maximum absolute atomic E-state index is 12.5. The number of nitrogens with zero attached hydrogens (tertiary/aromatic N) is 1. The van der Waals surface area contributed by atoms with Gasteiger partial charge in [0.15, 0.2) is 0 Å². The molecule has 4 heteroatoms. The van der Waals surface area contributed by atoms with Crippen molar-refractivity contribution in [2.45, 2.75) is 38.6 Å². The zero-order chi connectivity index (χ0) is 13.8. The molecule has 1 unspecified atom stereocenters. The van der Waals surface area contributed by atoms with Gasteiger partial charge in [-0.15, -0.1) is 0 Å². The average Bonchev–Trinajstić information content (AvgIpc) is 2.46. The number of piperidine rings is 1. The molecule has 0 bridgehead atoms. The summed E-state index contributed by atoms with van der Waals surface area (Å²) in [7, 11) is 1.54. The monoisotopic (exact) mass is 263 g/mol. The van der Waals surface area contributed by atoms with E-state index in [4.69, 9.17) is 4.74 Å². The summed E-state index contributed by atoms with van der Waals surface area (Å²) in [5.74, 6) is 0.469. The molecule has 19 heavy (non-hydrogen) atoms. The summed E-state index contributed by atoms with van der Waals surface area (Å²) in [5, 5.41) is 9.95. The van der Waals surface area contributed by atoms with Gasteiger partial charge in [-0.1, -0.05) is 6.92 Å². The Morgan fingerprint density at radius 1 is 1.47 bits per heavy atom. The first-order valence-electron chi connectivity index (χ1n) is 6.85. The van der Waals surface area contributed by atoms with Crippen molar-refractivity contribution in [1.29, 1.82) is 0 Å². The Hall–Kier alpha value is -1.71. The minimum Gasteiger partial charge on any atom is -0.507 e. The fourth-order valence-electron chi connectivity index (χ4n) is 2.67. The molecule has 0 aromatic heterocycles. The van der Waals surface area contributed by atoms with E-state index in [0.717, 1.165) is 25.8 Å². The summed E-state index contributed by atoms with van der Waals surface area (Å²) in [5.41, 5.74) is 0.362. The molecule has 4 nitrogen and oxygen atoms in total. The van der Waals surface area contributed by atoms with Crippen LogP contribution >= 0.6 is 0 Å². The van der Waals surface area contributed by atoms with E-state index in [1.165, 1.54) is 19.6 Å². The molecule has 1 aromatic rings. The standard InChI is InChI=1S/C15H21NO3/c1-3-11-6-4-5-9-16(11)15(18)13-8-7-12(19-2)10-14(13)17/h7-8,10-11,17H,3-6,9H2,1-2H3. The van der Waals surface area contributed by atoms with Crippen molar-refractivity contribution in [3.05, 3.63) is 23.8 Å². The Labute approximate surface area is 114 Å². The topological polar surface area (TPSA) is 49.8 Å². The van der Waals surface area contributed by atoms with Gasteiger partial charge in [-0.05, 0) is 37.8 Å². The number of phenols is 1. The van der Waals surface area contributed by atoms with Crippen LogP contribution in [0.25, 0.3) is 0 Å². The maximum Gasteiger partial charge on any atom is 0.257 e. The van der Waals surface area contributed by atoms with Crippen LogP contribution in [0.3, 0.4) is 0 Å². The van der Waals surface area contributed by atoms with E-state index in [1.807, 2.05) is 4.90 Å². The molecular weight excluding hydrogens is 242 g/mol. The molecule has 1 N–H and O–H groups in total. The van der Waals surface area contributed by atoms with Crippen LogP contribution in [0.5, 0.6) is 11.5 Å². The molecule has 0 saturated carbocycles. The summed E-state index contributed by atoms with van der Waals surface area (Å²) < 4.78 is 5.03. The van der Waals surface area contributed by atoms with E-state index in [9.17, 15) is 9.90 Å². The molecule has 0 aliphatic carbocycles. The number of likely N-dealkylation sites (tertiary alicyclic amines) is 1. The Balaban J connectivity index is 2.23. The van der Waals surface area contributed by atoms with E-state index in [1.54, 1.807) is 12.1 Å². The van der Waals surface area contributed by atoms with Crippen molar-refractivity contribution in [2.75, 3.05) is 13.7 Å². The maximum atomic E-state index is 12.5. The average molecular weight is 263 g/mol. The molecule has 104 valence electrons. The summed E-state index contributed by atoms with van der Waals surface area (Å²) in [6.45, 7) is 2.88. The Morgan fingerprint density at radius 2 is 2.26 bits per heavy atom. The van der Waals surface area contributed by atoms with Crippen molar-refractivity contribution >= 4 is 5.91 Å². The van der Waals surface area contributed by atoms with E-state index < -0.39 is 0 Å². The second-order valence-electron chi connectivity index (χ2n) is 4.94. The summed E-state index contributed by atoms with van der Waals surface area (Å²) in [6, 6.07) is 5.12. The van der Waals surface area contributed by atoms with Gasteiger partial charge in [0, 0.05) is 18.7 Å². The van der Waals surface area contributed by atoms with Crippen LogP contribution in [0.1, 0.15) is 43.0 Å². The molecule has 1 amide bonds. The van der Waals surface area contributed by atoms with Crippen LogP contribution in [-0.2, 0) is 0 Å². The number of carbonyl (C=O) groups is 1. The number of phenolic OH excluding ortho intramolecular Hbond substituents is 1. The first-order chi connectivity index (χ1) is 9.17. The highest BCUT2D eigenvalue weighted by molar-refractivity contribution is 5.97. The van der Waals surface area contributed by atoms with Crippen molar-refractivity contribution in [1.82, 2.24) is 4.90 Å². The molecule has 0 radical (unpaired) electrons. The molecular formula is C15H21NO3. The molecule has 1 aliphatic heterocycles. The SMILES string of the molecule is CCC1CCCCN1C(=O)c1ccc(OC)cc1O. The summed E-state index contributed by atoms with van der Waals surface area (Å²) in [4.78, 5) is 14.4. The number of ether oxygens (including phenoxy) is 1. The highest BCUT2D eigenvalue weighted by Gasteiger charge is 2.27. The lowest BCUT2D eigenvalue weighted by molar-refractivity contribution is 0.0605. The van der Waals surface area contributed by atoms with Gasteiger partial charge >= 0.3 is 0 Å². The van der Waals surface area contributed by atoms with Crippen LogP contribution in [0.2, 0.25) is 0 Å². The zero-order valence-corrected chi connectivity index (χ0v) is 11.6. The number of aromatic hydroxyl groups is 1. The minimum atomic E-state index is -0.0771. The van der Waals surface area contributed by atoms with Crippen LogP contribution in [0.4, 0.5) is 0 Å². The van der Waals surface area contributed by atoms with Crippen LogP contribution in [-0.4, -0.2) is 35.6 Å². The quantitative estimate of drug-likeness (QED) is 0.912. The smallest absolute Gasteiger partial charge is 0.257 e. The largest absolute Gasteiger partial charge is 0.507 e. The second kappa shape index (κ2) is 5.95. The number of amides is 1. The summed E-state index contributed by atoms with van der Waals surface area (Å²) in [6.07, 6.45) is 4.23. The van der Waals surface area contributed by atoms with Gasteiger partial charge in [0.1, 0.15) is 11.5 Å². The van der Waals surface area contributed by atoms with Gasteiger partial charge in [-0.2, -0.15) is 0 Å². The molecule has 1 aliphatic rings. The van der Waals surface area contributed by atoms with E-state index in [-0.39, 0.29) is 11.7 Å². The fraction of sp³-hybridized carbons (Fsp3) is 0.533. The number of benzene rings is 1. The predicted octanol–water partition coefficient (Wildman–Crippen LogP) is 2.81. The number of carbonyl (C=O) groups excluding carboxylic acids is 1. The highest BCUT2D eigenvalue weighted by Crippen LogP contribution is 2.28. The molecule has 1 heterocycles. The van der Waals surface area contributed by atoms with Crippen molar-refractivity contribution in [3.63, 3.8) is 0 Å². The minimum absolute atomic E-state index is 0.00947. The molecule has 1 aromatic carbocycles. The molecule has 1 fully saturated rings. The lowest BCUT2D eigenvalue weighted by atomic mass is 9.98. The van der Waals surface area contributed by atoms with Gasteiger partial charge in [0.2, 0.25) is 0 Å². The van der Waals surface area contributed by atoms with Crippen LogP contribution < -0.4 is 4.74 Å². The van der Waals surface area contributed by atoms with E-state index >= 15 is 0 Å². The van der Waals surface area contributed by atoms with Gasteiger partial charge in [0.25, 0.3) is 5.91 Å².